The van der Waals surface area contributed by atoms with Crippen LogP contribution in [-0.2, 0) is 14.3 Å². The molecule has 0 unspecified atom stereocenters. The third-order valence-corrected chi connectivity index (χ3v) is 3.62. The molecule has 0 atom stereocenters. The van der Waals surface area contributed by atoms with Crippen LogP contribution in [0.5, 0.6) is 5.75 Å². The molecule has 0 heterocycles. The normalized spacial score (nSPS) is 10.2. The Kier molecular flexibility index (Phi) is 8.08. The van der Waals surface area contributed by atoms with E-state index >= 15 is 0 Å². The summed E-state index contributed by atoms with van der Waals surface area (Å²) in [6, 6.07) is 9.36. The largest absolute Gasteiger partial charge is 0.492 e. The number of para-hydroxylation sites is 2. The molecular weight excluding hydrogens is 386 g/mol. The Labute approximate surface area is 166 Å². The summed E-state index contributed by atoms with van der Waals surface area (Å²) >= 11 is 0. The molecule has 0 aliphatic heterocycles. The van der Waals surface area contributed by atoms with Crippen LogP contribution in [0.25, 0.3) is 0 Å². The van der Waals surface area contributed by atoms with Crippen molar-refractivity contribution in [3.63, 3.8) is 0 Å². The quantitative estimate of drug-likeness (QED) is 0.625. The lowest BCUT2D eigenvalue weighted by Crippen LogP contribution is -2.28. The van der Waals surface area contributed by atoms with Gasteiger partial charge in [-0.25, -0.2) is 8.78 Å². The molecule has 154 valence electrons. The van der Waals surface area contributed by atoms with Crippen LogP contribution in [0, 0.1) is 11.6 Å². The van der Waals surface area contributed by atoms with Gasteiger partial charge in [0, 0.05) is 12.6 Å². The fraction of sp³-hybridized carbons (Fsp3) is 0.250. The van der Waals surface area contributed by atoms with E-state index in [1.165, 1.54) is 0 Å². The van der Waals surface area contributed by atoms with Crippen molar-refractivity contribution in [1.29, 1.82) is 0 Å². The fourth-order valence-electron chi connectivity index (χ4n) is 2.30. The summed E-state index contributed by atoms with van der Waals surface area (Å²) < 4.78 is 36.6. The minimum atomic E-state index is -1.01. The maximum Gasteiger partial charge on any atom is 0.308 e. The van der Waals surface area contributed by atoms with Crippen molar-refractivity contribution in [3.05, 3.63) is 59.7 Å². The minimum absolute atomic E-state index is 0.136. The second-order valence-electron chi connectivity index (χ2n) is 5.77. The van der Waals surface area contributed by atoms with E-state index in [1.54, 1.807) is 24.3 Å². The van der Waals surface area contributed by atoms with Crippen molar-refractivity contribution in [2.75, 3.05) is 25.1 Å². The van der Waals surface area contributed by atoms with E-state index in [1.807, 2.05) is 6.92 Å². The van der Waals surface area contributed by atoms with Crippen molar-refractivity contribution in [1.82, 2.24) is 5.32 Å². The first-order chi connectivity index (χ1) is 13.9. The average Bonchev–Trinajstić information content (AvgIpc) is 2.68. The standard InChI is InChI=1S/C20H20F2N2O5/c1-2-28-17-6-4-3-5-16(17)24-18(25)12-29-19(26)9-10-23-20(27)14-8-7-13(21)11-15(14)22/h3-8,11H,2,9-10,12H2,1H3,(H,23,27)(H,24,25). The minimum Gasteiger partial charge on any atom is -0.492 e. The Bertz CT molecular complexity index is 889. The molecule has 9 heteroatoms. The number of hydrogen-bond acceptors (Lipinski definition) is 5. The Hall–Kier alpha value is -3.49. The molecule has 2 N–H and O–H groups in total. The van der Waals surface area contributed by atoms with Gasteiger partial charge in [0.15, 0.2) is 6.61 Å². The molecule has 0 spiro atoms. The van der Waals surface area contributed by atoms with Crippen molar-refractivity contribution < 1.29 is 32.6 Å². The molecule has 29 heavy (non-hydrogen) atoms. The molecule has 0 aromatic heterocycles. The SMILES string of the molecule is CCOc1ccccc1NC(=O)COC(=O)CCNC(=O)c1ccc(F)cc1F. The number of anilines is 1. The van der Waals surface area contributed by atoms with E-state index in [9.17, 15) is 23.2 Å². The summed E-state index contributed by atoms with van der Waals surface area (Å²) in [6.07, 6.45) is -0.225. The molecular formula is C20H20F2N2O5. The lowest BCUT2D eigenvalue weighted by atomic mass is 10.2. The highest BCUT2D eigenvalue weighted by molar-refractivity contribution is 5.95. The van der Waals surface area contributed by atoms with Crippen molar-refractivity contribution in [2.45, 2.75) is 13.3 Å². The van der Waals surface area contributed by atoms with Gasteiger partial charge in [0.25, 0.3) is 11.8 Å². The predicted octanol–water partition coefficient (Wildman–Crippen LogP) is 2.67. The van der Waals surface area contributed by atoms with Crippen LogP contribution >= 0.6 is 0 Å². The molecule has 0 radical (unpaired) electrons. The molecule has 7 nitrogen and oxygen atoms in total. The summed E-state index contributed by atoms with van der Waals surface area (Å²) in [7, 11) is 0. The number of rotatable bonds is 9. The predicted molar refractivity (Wildman–Crippen MR) is 101 cm³/mol. The number of halogens is 2. The first-order valence-electron chi connectivity index (χ1n) is 8.81. The average molecular weight is 406 g/mol. The second kappa shape index (κ2) is 10.7. The second-order valence-corrected chi connectivity index (χ2v) is 5.77. The number of carbonyl (C=O) groups is 3. The van der Waals surface area contributed by atoms with Crippen LogP contribution in [-0.4, -0.2) is 37.5 Å². The van der Waals surface area contributed by atoms with Gasteiger partial charge < -0.3 is 20.1 Å². The smallest absolute Gasteiger partial charge is 0.308 e. The van der Waals surface area contributed by atoms with Crippen LogP contribution in [0.4, 0.5) is 14.5 Å². The van der Waals surface area contributed by atoms with Gasteiger partial charge in [-0.3, -0.25) is 14.4 Å². The lowest BCUT2D eigenvalue weighted by Gasteiger charge is -2.11. The first-order valence-corrected chi connectivity index (χ1v) is 8.81. The molecule has 0 aliphatic rings. The summed E-state index contributed by atoms with van der Waals surface area (Å²) in [5.41, 5.74) is 0.107. The Morgan fingerprint density at radius 2 is 1.83 bits per heavy atom. The molecule has 0 fully saturated rings. The van der Waals surface area contributed by atoms with E-state index in [0.29, 0.717) is 24.1 Å². The van der Waals surface area contributed by atoms with E-state index in [-0.39, 0.29) is 18.5 Å². The molecule has 2 amide bonds. The maximum atomic E-state index is 13.5. The van der Waals surface area contributed by atoms with Gasteiger partial charge in [0.05, 0.1) is 24.3 Å². The zero-order valence-corrected chi connectivity index (χ0v) is 15.7. The highest BCUT2D eigenvalue weighted by Gasteiger charge is 2.14. The van der Waals surface area contributed by atoms with Gasteiger partial charge in [-0.2, -0.15) is 0 Å². The third kappa shape index (κ3) is 6.87. The van der Waals surface area contributed by atoms with Gasteiger partial charge in [0.1, 0.15) is 17.4 Å². The number of amides is 2. The van der Waals surface area contributed by atoms with Crippen LogP contribution in [0.1, 0.15) is 23.7 Å². The molecule has 0 bridgehead atoms. The summed E-state index contributed by atoms with van der Waals surface area (Å²) in [6.45, 7) is 1.59. The molecule has 2 rings (SSSR count). The van der Waals surface area contributed by atoms with Gasteiger partial charge in [-0.15, -0.1) is 0 Å². The summed E-state index contributed by atoms with van der Waals surface area (Å²) in [5, 5.41) is 4.89. The molecule has 2 aromatic rings. The van der Waals surface area contributed by atoms with E-state index in [2.05, 4.69) is 10.6 Å². The first kappa shape index (κ1) is 21.8. The zero-order valence-electron chi connectivity index (χ0n) is 15.7. The maximum absolute atomic E-state index is 13.5. The van der Waals surface area contributed by atoms with E-state index in [0.717, 1.165) is 12.1 Å². The zero-order chi connectivity index (χ0) is 21.2. The van der Waals surface area contributed by atoms with Crippen molar-refractivity contribution >= 4 is 23.5 Å². The number of nitrogens with one attached hydrogen (secondary N) is 2. The molecule has 0 saturated heterocycles. The number of carbonyl (C=O) groups excluding carboxylic acids is 3. The number of hydrogen-bond donors (Lipinski definition) is 2. The summed E-state index contributed by atoms with van der Waals surface area (Å²) in [4.78, 5) is 35.4. The fourth-order valence-corrected chi connectivity index (χ4v) is 2.30. The molecule has 0 aliphatic carbocycles. The lowest BCUT2D eigenvalue weighted by molar-refractivity contribution is -0.147. The topological polar surface area (TPSA) is 93.7 Å². The van der Waals surface area contributed by atoms with Crippen LogP contribution < -0.4 is 15.4 Å². The van der Waals surface area contributed by atoms with Crippen LogP contribution in [0.15, 0.2) is 42.5 Å². The van der Waals surface area contributed by atoms with Gasteiger partial charge in [-0.05, 0) is 31.2 Å². The summed E-state index contributed by atoms with van der Waals surface area (Å²) in [5.74, 6) is -3.38. The number of ether oxygens (including phenoxy) is 2. The Morgan fingerprint density at radius 1 is 1.07 bits per heavy atom. The third-order valence-electron chi connectivity index (χ3n) is 3.62. The Balaban J connectivity index is 1.73. The van der Waals surface area contributed by atoms with Crippen molar-refractivity contribution in [2.24, 2.45) is 0 Å². The van der Waals surface area contributed by atoms with Crippen molar-refractivity contribution in [3.8, 4) is 5.75 Å². The monoisotopic (exact) mass is 406 g/mol. The van der Waals surface area contributed by atoms with Gasteiger partial charge in [-0.1, -0.05) is 12.1 Å². The van der Waals surface area contributed by atoms with Gasteiger partial charge in [0.2, 0.25) is 0 Å². The van der Waals surface area contributed by atoms with Crippen LogP contribution in [0.3, 0.4) is 0 Å². The van der Waals surface area contributed by atoms with Crippen LogP contribution in [0.2, 0.25) is 0 Å². The van der Waals surface area contributed by atoms with E-state index < -0.39 is 36.0 Å². The number of esters is 1. The molecule has 0 saturated carbocycles. The van der Waals surface area contributed by atoms with Gasteiger partial charge >= 0.3 is 5.97 Å². The molecule has 2 aromatic carbocycles. The van der Waals surface area contributed by atoms with E-state index in [4.69, 9.17) is 9.47 Å². The highest BCUT2D eigenvalue weighted by atomic mass is 19.1. The highest BCUT2D eigenvalue weighted by Crippen LogP contribution is 2.23. The Morgan fingerprint density at radius 3 is 2.55 bits per heavy atom. The number of benzene rings is 2.